The van der Waals surface area contributed by atoms with Crippen molar-refractivity contribution in [2.24, 2.45) is 0 Å². The zero-order chi connectivity index (χ0) is 29.6. The molecule has 0 unspecified atom stereocenters. The van der Waals surface area contributed by atoms with Crippen LogP contribution in [0.4, 0.5) is 5.13 Å². The molecular formula is C34H40N6O2S. The molecule has 1 N–H and O–H groups in total. The van der Waals surface area contributed by atoms with Crippen molar-refractivity contribution in [3.8, 4) is 0 Å². The number of amides is 2. The maximum atomic E-state index is 13.3. The predicted octanol–water partition coefficient (Wildman–Crippen LogP) is 6.19. The number of likely N-dealkylation sites (tertiary alicyclic amines) is 1. The molecule has 2 aromatic carbocycles. The molecule has 0 spiro atoms. The van der Waals surface area contributed by atoms with Crippen LogP contribution in [0.3, 0.4) is 0 Å². The molecule has 3 saturated heterocycles. The van der Waals surface area contributed by atoms with Crippen LogP contribution in [0.25, 0.3) is 11.0 Å². The van der Waals surface area contributed by atoms with Crippen LogP contribution in [-0.2, 0) is 10.2 Å². The second kappa shape index (κ2) is 11.5. The van der Waals surface area contributed by atoms with Crippen LogP contribution >= 0.6 is 11.3 Å². The third kappa shape index (κ3) is 5.38. The lowest BCUT2D eigenvalue weighted by Crippen LogP contribution is -2.49. The van der Waals surface area contributed by atoms with E-state index < -0.39 is 0 Å². The summed E-state index contributed by atoms with van der Waals surface area (Å²) in [5.74, 6) is 0.966. The molecule has 0 saturated carbocycles. The van der Waals surface area contributed by atoms with E-state index in [0.29, 0.717) is 28.1 Å². The first-order chi connectivity index (χ1) is 20.9. The van der Waals surface area contributed by atoms with Gasteiger partial charge < -0.3 is 14.8 Å². The number of imidazole rings is 1. The Kier molecular flexibility index (Phi) is 7.55. The van der Waals surface area contributed by atoms with Gasteiger partial charge in [-0.15, -0.1) is 0 Å². The van der Waals surface area contributed by atoms with Crippen molar-refractivity contribution in [3.63, 3.8) is 0 Å². The molecule has 8 nitrogen and oxygen atoms in total. The molecule has 4 aromatic rings. The van der Waals surface area contributed by atoms with Crippen molar-refractivity contribution in [2.75, 3.05) is 25.0 Å². The molecule has 3 aliphatic heterocycles. The molecule has 3 fully saturated rings. The highest BCUT2D eigenvalue weighted by Gasteiger charge is 2.44. The Balaban J connectivity index is 1.04. The molecule has 0 radical (unpaired) electrons. The number of fused-ring (bicyclic) bond motifs is 3. The minimum atomic E-state index is -0.179. The number of aryl methyl sites for hydroxylation is 1. The number of carbonyl (C=O) groups is 2. The highest BCUT2D eigenvalue weighted by molar-refractivity contribution is 7.17. The maximum Gasteiger partial charge on any atom is 0.265 e. The predicted molar refractivity (Wildman–Crippen MR) is 171 cm³/mol. The van der Waals surface area contributed by atoms with E-state index >= 15 is 0 Å². The standard InChI is InChI=1S/C34H40N6O2S/c1-23-36-29-10-6-7-11-30(29)40(23)28-20-26-12-13-27(21-28)39(26)19-16-34(25-8-4-3-5-9-25)14-17-38(18-15-34)32(42)31-22-35-33(43-31)37-24(2)41/h3-11,22,26-28H,12-21H2,1-2H3,(H,35,37,41)/t26-,27+,28+. The average molecular weight is 597 g/mol. The zero-order valence-corrected chi connectivity index (χ0v) is 25.9. The molecular weight excluding hydrogens is 556 g/mol. The first-order valence-corrected chi connectivity index (χ1v) is 16.5. The van der Waals surface area contributed by atoms with E-state index in [1.807, 2.05) is 4.90 Å². The second-order valence-corrected chi connectivity index (χ2v) is 13.7. The van der Waals surface area contributed by atoms with E-state index in [-0.39, 0.29) is 17.2 Å². The summed E-state index contributed by atoms with van der Waals surface area (Å²) in [6.07, 6.45) is 9.53. The van der Waals surface area contributed by atoms with Crippen molar-refractivity contribution in [2.45, 2.75) is 82.3 Å². The third-order valence-electron chi connectivity index (χ3n) is 10.2. The summed E-state index contributed by atoms with van der Waals surface area (Å²) in [6, 6.07) is 21.3. The van der Waals surface area contributed by atoms with Crippen LogP contribution < -0.4 is 5.32 Å². The number of nitrogens with zero attached hydrogens (tertiary/aromatic N) is 5. The summed E-state index contributed by atoms with van der Waals surface area (Å²) in [5.41, 5.74) is 3.83. The van der Waals surface area contributed by atoms with Gasteiger partial charge in [0.05, 0.1) is 17.2 Å². The summed E-state index contributed by atoms with van der Waals surface area (Å²) in [5, 5.41) is 3.16. The number of nitrogens with one attached hydrogen (secondary N) is 1. The van der Waals surface area contributed by atoms with Gasteiger partial charge in [-0.3, -0.25) is 14.5 Å². The van der Waals surface area contributed by atoms with Gasteiger partial charge >= 0.3 is 0 Å². The van der Waals surface area contributed by atoms with Gasteiger partial charge in [0, 0.05) is 38.1 Å². The minimum absolute atomic E-state index is 0.0122. The van der Waals surface area contributed by atoms with E-state index in [4.69, 9.17) is 4.98 Å². The molecule has 3 atom stereocenters. The lowest BCUT2D eigenvalue weighted by molar-refractivity contribution is -0.114. The van der Waals surface area contributed by atoms with Crippen LogP contribution in [0.5, 0.6) is 0 Å². The Morgan fingerprint density at radius 1 is 0.977 bits per heavy atom. The summed E-state index contributed by atoms with van der Waals surface area (Å²) in [6.45, 7) is 6.16. The van der Waals surface area contributed by atoms with Crippen LogP contribution in [-0.4, -0.2) is 67.9 Å². The van der Waals surface area contributed by atoms with Crippen molar-refractivity contribution in [1.82, 2.24) is 24.3 Å². The molecule has 2 aromatic heterocycles. The highest BCUT2D eigenvalue weighted by atomic mass is 32.1. The van der Waals surface area contributed by atoms with Gasteiger partial charge in [0.2, 0.25) is 5.91 Å². The van der Waals surface area contributed by atoms with Gasteiger partial charge in [-0.2, -0.15) is 0 Å². The molecule has 5 heterocycles. The first-order valence-electron chi connectivity index (χ1n) is 15.7. The monoisotopic (exact) mass is 596 g/mol. The van der Waals surface area contributed by atoms with Crippen molar-refractivity contribution >= 4 is 39.3 Å². The number of hydrogen-bond donors (Lipinski definition) is 1. The number of hydrogen-bond acceptors (Lipinski definition) is 6. The van der Waals surface area contributed by atoms with E-state index in [0.717, 1.165) is 50.2 Å². The SMILES string of the molecule is CC(=O)Nc1ncc(C(=O)N2CCC(CCN3[C@@H]4CC[C@H]3C[C@@H](n3c(C)nc5ccccc53)C4)(c3ccccc3)CC2)s1. The smallest absolute Gasteiger partial charge is 0.265 e. The van der Waals surface area contributed by atoms with Gasteiger partial charge in [0.15, 0.2) is 5.13 Å². The Morgan fingerprint density at radius 3 is 2.40 bits per heavy atom. The van der Waals surface area contributed by atoms with Crippen LogP contribution in [0.1, 0.15) is 79.0 Å². The highest BCUT2D eigenvalue weighted by Crippen LogP contribution is 2.45. The van der Waals surface area contributed by atoms with Gasteiger partial charge in [-0.05, 0) is 81.5 Å². The minimum Gasteiger partial charge on any atom is -0.338 e. The lowest BCUT2D eigenvalue weighted by atomic mass is 9.70. The second-order valence-electron chi connectivity index (χ2n) is 12.7. The summed E-state index contributed by atoms with van der Waals surface area (Å²) >= 11 is 1.25. The van der Waals surface area contributed by atoms with E-state index in [2.05, 4.69) is 81.3 Å². The normalized spacial score (nSPS) is 23.5. The van der Waals surface area contributed by atoms with Crippen LogP contribution in [0, 0.1) is 6.92 Å². The molecule has 2 bridgehead atoms. The van der Waals surface area contributed by atoms with E-state index in [1.54, 1.807) is 6.20 Å². The fourth-order valence-electron chi connectivity index (χ4n) is 8.14. The quantitative estimate of drug-likeness (QED) is 0.275. The Hall–Kier alpha value is -3.56. The van der Waals surface area contributed by atoms with Crippen molar-refractivity contribution < 1.29 is 9.59 Å². The molecule has 43 heavy (non-hydrogen) atoms. The summed E-state index contributed by atoms with van der Waals surface area (Å²) in [7, 11) is 0. The third-order valence-corrected chi connectivity index (χ3v) is 11.1. The number of piperidine rings is 2. The number of thiazole rings is 1. The molecule has 0 aliphatic carbocycles. The van der Waals surface area contributed by atoms with Gasteiger partial charge in [-0.25, -0.2) is 9.97 Å². The number of benzene rings is 2. The lowest BCUT2D eigenvalue weighted by Gasteiger charge is -2.45. The van der Waals surface area contributed by atoms with Gasteiger partial charge in [0.25, 0.3) is 5.91 Å². The van der Waals surface area contributed by atoms with Crippen LogP contribution in [0.2, 0.25) is 0 Å². The Bertz CT molecular complexity index is 1610. The first kappa shape index (κ1) is 28.2. The topological polar surface area (TPSA) is 83.4 Å². The Morgan fingerprint density at radius 2 is 1.67 bits per heavy atom. The fourth-order valence-corrected chi connectivity index (χ4v) is 8.97. The maximum absolute atomic E-state index is 13.3. The molecule has 3 aliphatic rings. The number of anilines is 1. The fraction of sp³-hybridized carbons (Fsp3) is 0.471. The molecule has 224 valence electrons. The largest absolute Gasteiger partial charge is 0.338 e. The van der Waals surface area contributed by atoms with Gasteiger partial charge in [-0.1, -0.05) is 53.8 Å². The van der Waals surface area contributed by atoms with Gasteiger partial charge in [0.1, 0.15) is 10.7 Å². The molecule has 7 rings (SSSR count). The Labute approximate surface area is 257 Å². The van der Waals surface area contributed by atoms with Crippen LogP contribution in [0.15, 0.2) is 60.8 Å². The molecule has 9 heteroatoms. The van der Waals surface area contributed by atoms with E-state index in [1.165, 1.54) is 55.0 Å². The number of rotatable bonds is 7. The number of aromatic nitrogens is 3. The summed E-state index contributed by atoms with van der Waals surface area (Å²) < 4.78 is 2.51. The van der Waals surface area contributed by atoms with Crippen molar-refractivity contribution in [1.29, 1.82) is 0 Å². The zero-order valence-electron chi connectivity index (χ0n) is 25.0. The summed E-state index contributed by atoms with van der Waals surface area (Å²) in [4.78, 5) is 39.2. The number of carbonyl (C=O) groups excluding carboxylic acids is 2. The van der Waals surface area contributed by atoms with Crippen molar-refractivity contribution in [3.05, 3.63) is 77.1 Å². The van der Waals surface area contributed by atoms with E-state index in [9.17, 15) is 9.59 Å². The molecule has 2 amide bonds. The number of para-hydroxylation sites is 2. The average Bonchev–Trinajstić information content (AvgIpc) is 3.68.